The summed E-state index contributed by atoms with van der Waals surface area (Å²) in [7, 11) is 0. The lowest BCUT2D eigenvalue weighted by Gasteiger charge is -2.07. The van der Waals surface area contributed by atoms with Crippen molar-refractivity contribution in [3.05, 3.63) is 66.0 Å². The molecule has 0 aliphatic carbocycles. The van der Waals surface area contributed by atoms with E-state index in [2.05, 4.69) is 20.6 Å². The molecule has 2 aromatic heterocycles. The van der Waals surface area contributed by atoms with Crippen LogP contribution in [-0.4, -0.2) is 16.0 Å². The van der Waals surface area contributed by atoms with E-state index in [9.17, 15) is 4.79 Å². The first kappa shape index (κ1) is 13.2. The Hall–Kier alpha value is -2.82. The number of amides is 2. The van der Waals surface area contributed by atoms with Crippen LogP contribution < -0.4 is 10.6 Å². The van der Waals surface area contributed by atoms with Crippen molar-refractivity contribution < 1.29 is 4.79 Å². The van der Waals surface area contributed by atoms with Crippen molar-refractivity contribution in [3.8, 4) is 0 Å². The average molecular weight is 280 g/mol. The quantitative estimate of drug-likeness (QED) is 0.687. The number of rotatable bonds is 4. The third-order valence-corrected chi connectivity index (χ3v) is 3.21. The predicted octanol–water partition coefficient (Wildman–Crippen LogP) is 2.56. The summed E-state index contributed by atoms with van der Waals surface area (Å²) in [6.07, 6.45) is 3.61. The fourth-order valence-electron chi connectivity index (χ4n) is 2.11. The number of aromatic nitrogens is 2. The van der Waals surface area contributed by atoms with Gasteiger partial charge in [-0.05, 0) is 23.3 Å². The Morgan fingerprint density at radius 3 is 2.62 bits per heavy atom. The highest BCUT2D eigenvalue weighted by atomic mass is 16.2. The molecular weight excluding hydrogens is 264 g/mol. The van der Waals surface area contributed by atoms with Gasteiger partial charge in [-0.3, -0.25) is 0 Å². The van der Waals surface area contributed by atoms with Crippen LogP contribution in [0.1, 0.15) is 11.1 Å². The summed E-state index contributed by atoms with van der Waals surface area (Å²) in [6.45, 7) is 0.969. The van der Waals surface area contributed by atoms with Gasteiger partial charge in [0.15, 0.2) is 0 Å². The number of benzene rings is 1. The minimum atomic E-state index is -0.187. The van der Waals surface area contributed by atoms with Gasteiger partial charge in [0.2, 0.25) is 0 Å². The van der Waals surface area contributed by atoms with Crippen LogP contribution in [-0.2, 0) is 13.1 Å². The van der Waals surface area contributed by atoms with Crippen LogP contribution in [0.15, 0.2) is 54.9 Å². The third kappa shape index (κ3) is 3.39. The van der Waals surface area contributed by atoms with Crippen LogP contribution >= 0.6 is 0 Å². The first-order chi connectivity index (χ1) is 10.3. The first-order valence-electron chi connectivity index (χ1n) is 6.79. The standard InChI is InChI=1S/C16H16N4O/c21-16(19-9-12-4-2-1-3-5-12)20-11-13-8-14-6-7-17-15(14)18-10-13/h1-8,10H,9,11H2,(H,17,18)(H2,19,20,21). The highest BCUT2D eigenvalue weighted by Crippen LogP contribution is 2.10. The van der Waals surface area contributed by atoms with E-state index in [1.165, 1.54) is 0 Å². The molecule has 0 bridgehead atoms. The second-order valence-electron chi connectivity index (χ2n) is 4.78. The molecule has 0 fully saturated rings. The Balaban J connectivity index is 1.51. The molecule has 3 N–H and O–H groups in total. The van der Waals surface area contributed by atoms with E-state index in [0.29, 0.717) is 13.1 Å². The van der Waals surface area contributed by atoms with Gasteiger partial charge in [-0.1, -0.05) is 30.3 Å². The summed E-state index contributed by atoms with van der Waals surface area (Å²) in [4.78, 5) is 19.1. The molecule has 0 saturated carbocycles. The van der Waals surface area contributed by atoms with Gasteiger partial charge in [0.25, 0.3) is 0 Å². The van der Waals surface area contributed by atoms with Crippen LogP contribution in [0.25, 0.3) is 11.0 Å². The minimum Gasteiger partial charge on any atom is -0.346 e. The van der Waals surface area contributed by atoms with Gasteiger partial charge in [-0.2, -0.15) is 0 Å². The summed E-state index contributed by atoms with van der Waals surface area (Å²) in [5.74, 6) is 0. The Bertz CT molecular complexity index is 736. The van der Waals surface area contributed by atoms with E-state index in [-0.39, 0.29) is 6.03 Å². The Kier molecular flexibility index (Phi) is 3.82. The van der Waals surface area contributed by atoms with Crippen molar-refractivity contribution in [3.63, 3.8) is 0 Å². The zero-order chi connectivity index (χ0) is 14.5. The number of hydrogen-bond acceptors (Lipinski definition) is 2. The van der Waals surface area contributed by atoms with Gasteiger partial charge in [-0.15, -0.1) is 0 Å². The minimum absolute atomic E-state index is 0.187. The van der Waals surface area contributed by atoms with Crippen molar-refractivity contribution in [2.75, 3.05) is 0 Å². The molecule has 21 heavy (non-hydrogen) atoms. The molecule has 0 radical (unpaired) electrons. The number of nitrogens with zero attached hydrogens (tertiary/aromatic N) is 1. The lowest BCUT2D eigenvalue weighted by molar-refractivity contribution is 0.240. The Morgan fingerprint density at radius 2 is 1.81 bits per heavy atom. The molecule has 0 atom stereocenters. The molecule has 0 saturated heterocycles. The second kappa shape index (κ2) is 6.09. The van der Waals surface area contributed by atoms with E-state index in [4.69, 9.17) is 0 Å². The molecule has 0 aliphatic heterocycles. The Labute approximate surface area is 122 Å². The average Bonchev–Trinajstić information content (AvgIpc) is 2.99. The number of aromatic amines is 1. The monoisotopic (exact) mass is 280 g/mol. The number of H-pyrrole nitrogens is 1. The largest absolute Gasteiger partial charge is 0.346 e. The number of pyridine rings is 1. The van der Waals surface area contributed by atoms with Gasteiger partial charge < -0.3 is 15.6 Å². The highest BCUT2D eigenvalue weighted by Gasteiger charge is 2.02. The number of hydrogen-bond donors (Lipinski definition) is 3. The number of carbonyl (C=O) groups excluding carboxylic acids is 1. The summed E-state index contributed by atoms with van der Waals surface area (Å²) in [5, 5.41) is 6.69. The first-order valence-corrected chi connectivity index (χ1v) is 6.79. The molecule has 3 rings (SSSR count). The molecule has 1 aromatic carbocycles. The van der Waals surface area contributed by atoms with Gasteiger partial charge in [-0.25, -0.2) is 9.78 Å². The molecule has 2 heterocycles. The zero-order valence-corrected chi connectivity index (χ0v) is 11.5. The van der Waals surface area contributed by atoms with Crippen molar-refractivity contribution in [2.24, 2.45) is 0 Å². The number of urea groups is 1. The van der Waals surface area contributed by atoms with Crippen LogP contribution in [0.3, 0.4) is 0 Å². The van der Waals surface area contributed by atoms with Crippen molar-refractivity contribution >= 4 is 17.1 Å². The van der Waals surface area contributed by atoms with Crippen LogP contribution in [0.4, 0.5) is 4.79 Å². The smallest absolute Gasteiger partial charge is 0.315 e. The van der Waals surface area contributed by atoms with Gasteiger partial charge in [0, 0.05) is 30.9 Å². The fraction of sp³-hybridized carbons (Fsp3) is 0.125. The molecule has 2 amide bonds. The number of fused-ring (bicyclic) bond motifs is 1. The lowest BCUT2D eigenvalue weighted by atomic mass is 10.2. The summed E-state index contributed by atoms with van der Waals surface area (Å²) < 4.78 is 0. The van der Waals surface area contributed by atoms with Gasteiger partial charge in [0.1, 0.15) is 5.65 Å². The van der Waals surface area contributed by atoms with E-state index < -0.39 is 0 Å². The number of carbonyl (C=O) groups is 1. The predicted molar refractivity (Wildman–Crippen MR) is 81.6 cm³/mol. The molecule has 106 valence electrons. The summed E-state index contributed by atoms with van der Waals surface area (Å²) >= 11 is 0. The summed E-state index contributed by atoms with van der Waals surface area (Å²) in [6, 6.07) is 13.6. The third-order valence-electron chi connectivity index (χ3n) is 3.21. The lowest BCUT2D eigenvalue weighted by Crippen LogP contribution is -2.34. The molecule has 5 nitrogen and oxygen atoms in total. The zero-order valence-electron chi connectivity index (χ0n) is 11.5. The van der Waals surface area contributed by atoms with Gasteiger partial charge >= 0.3 is 6.03 Å². The highest BCUT2D eigenvalue weighted by molar-refractivity contribution is 5.76. The number of nitrogens with one attached hydrogen (secondary N) is 3. The van der Waals surface area contributed by atoms with Crippen LogP contribution in [0.2, 0.25) is 0 Å². The van der Waals surface area contributed by atoms with E-state index in [1.54, 1.807) is 6.20 Å². The van der Waals surface area contributed by atoms with Crippen molar-refractivity contribution in [1.82, 2.24) is 20.6 Å². The maximum absolute atomic E-state index is 11.8. The van der Waals surface area contributed by atoms with E-state index >= 15 is 0 Å². The molecule has 3 aromatic rings. The SMILES string of the molecule is O=C(NCc1ccccc1)NCc1cnc2[nH]ccc2c1. The van der Waals surface area contributed by atoms with Crippen molar-refractivity contribution in [2.45, 2.75) is 13.1 Å². The molecular formula is C16H16N4O. The molecule has 0 unspecified atom stereocenters. The second-order valence-corrected chi connectivity index (χ2v) is 4.78. The van der Waals surface area contributed by atoms with Crippen LogP contribution in [0.5, 0.6) is 0 Å². The fourth-order valence-corrected chi connectivity index (χ4v) is 2.11. The molecule has 5 heteroatoms. The van der Waals surface area contributed by atoms with Gasteiger partial charge in [0.05, 0.1) is 0 Å². The molecule has 0 aliphatic rings. The maximum Gasteiger partial charge on any atom is 0.315 e. The van der Waals surface area contributed by atoms with E-state index in [1.807, 2.05) is 48.7 Å². The normalized spacial score (nSPS) is 10.5. The molecule has 0 spiro atoms. The van der Waals surface area contributed by atoms with Crippen LogP contribution in [0, 0.1) is 0 Å². The maximum atomic E-state index is 11.8. The van der Waals surface area contributed by atoms with E-state index in [0.717, 1.165) is 22.2 Å². The van der Waals surface area contributed by atoms with Crippen molar-refractivity contribution in [1.29, 1.82) is 0 Å². The summed E-state index contributed by atoms with van der Waals surface area (Å²) in [5.41, 5.74) is 2.90. The topological polar surface area (TPSA) is 69.8 Å². The Morgan fingerprint density at radius 1 is 1.05 bits per heavy atom.